The third-order valence-corrected chi connectivity index (χ3v) is 2.73. The van der Waals surface area contributed by atoms with E-state index >= 15 is 0 Å². The van der Waals surface area contributed by atoms with E-state index < -0.39 is 17.9 Å². The number of rotatable bonds is 8. The number of hydrogen-bond donors (Lipinski definition) is 3. The van der Waals surface area contributed by atoms with E-state index in [4.69, 9.17) is 19.7 Å². The topological polar surface area (TPSA) is 105 Å². The smallest absolute Gasteiger partial charge is 0.326 e. The summed E-state index contributed by atoms with van der Waals surface area (Å²) in [5.74, 6) is -0.899. The van der Waals surface area contributed by atoms with Gasteiger partial charge < -0.3 is 25.0 Å². The van der Waals surface area contributed by atoms with Crippen molar-refractivity contribution in [1.29, 1.82) is 0 Å². The van der Waals surface area contributed by atoms with E-state index in [-0.39, 0.29) is 19.6 Å². The van der Waals surface area contributed by atoms with Crippen molar-refractivity contribution in [3.63, 3.8) is 0 Å². The number of aliphatic carboxylic acids is 1. The molecule has 1 atom stereocenters. The maximum absolute atomic E-state index is 11.7. The summed E-state index contributed by atoms with van der Waals surface area (Å²) in [6, 6.07) is 4.11. The molecule has 0 radical (unpaired) electrons. The number of carbonyl (C=O) groups is 2. The van der Waals surface area contributed by atoms with E-state index in [1.807, 2.05) is 13.0 Å². The lowest BCUT2D eigenvalue weighted by Crippen LogP contribution is -2.43. The van der Waals surface area contributed by atoms with Crippen LogP contribution in [0.25, 0.3) is 0 Å². The van der Waals surface area contributed by atoms with Gasteiger partial charge in [-0.15, -0.1) is 0 Å². The SMILES string of the molecule is COc1cc(C)ccc1OCC(=O)N[C@@H](CCO)C(=O)O. The molecule has 7 heteroatoms. The molecule has 0 aromatic heterocycles. The number of amides is 1. The lowest BCUT2D eigenvalue weighted by molar-refractivity contribution is -0.142. The van der Waals surface area contributed by atoms with E-state index in [1.165, 1.54) is 7.11 Å². The molecule has 1 aromatic carbocycles. The van der Waals surface area contributed by atoms with Crippen molar-refractivity contribution in [2.45, 2.75) is 19.4 Å². The highest BCUT2D eigenvalue weighted by Gasteiger charge is 2.19. The van der Waals surface area contributed by atoms with E-state index in [1.54, 1.807) is 12.1 Å². The summed E-state index contributed by atoms with van der Waals surface area (Å²) in [7, 11) is 1.49. The standard InChI is InChI=1S/C14H19NO6/c1-9-3-4-11(12(7-9)20-2)21-8-13(17)15-10(5-6-16)14(18)19/h3-4,7,10,16H,5-6,8H2,1-2H3,(H,15,17)(H,18,19)/t10-/m0/s1. The van der Waals surface area contributed by atoms with Gasteiger partial charge in [0.1, 0.15) is 6.04 Å². The summed E-state index contributed by atoms with van der Waals surface area (Å²) in [5.41, 5.74) is 0.984. The molecule has 0 heterocycles. The number of hydrogen-bond acceptors (Lipinski definition) is 5. The fourth-order valence-electron chi connectivity index (χ4n) is 1.66. The maximum atomic E-state index is 11.7. The summed E-state index contributed by atoms with van der Waals surface area (Å²) in [5, 5.41) is 19.9. The second kappa shape index (κ2) is 8.11. The number of benzene rings is 1. The summed E-state index contributed by atoms with van der Waals surface area (Å²) in [4.78, 5) is 22.5. The minimum atomic E-state index is -1.20. The molecule has 0 aliphatic heterocycles. The number of nitrogens with one attached hydrogen (secondary N) is 1. The Hall–Kier alpha value is -2.28. The number of carboxylic acids is 1. The summed E-state index contributed by atoms with van der Waals surface area (Å²) in [6.45, 7) is 1.23. The van der Waals surface area contributed by atoms with Gasteiger partial charge in [0.2, 0.25) is 0 Å². The zero-order valence-electron chi connectivity index (χ0n) is 12.0. The van der Waals surface area contributed by atoms with Gasteiger partial charge >= 0.3 is 5.97 Å². The van der Waals surface area contributed by atoms with Crippen molar-refractivity contribution >= 4 is 11.9 Å². The Morgan fingerprint density at radius 3 is 2.62 bits per heavy atom. The number of aryl methyl sites for hydroxylation is 1. The predicted molar refractivity (Wildman–Crippen MR) is 74.5 cm³/mol. The predicted octanol–water partition coefficient (Wildman–Crippen LogP) is 0.334. The van der Waals surface area contributed by atoms with E-state index in [0.717, 1.165) is 5.56 Å². The van der Waals surface area contributed by atoms with Gasteiger partial charge in [0.25, 0.3) is 5.91 Å². The lowest BCUT2D eigenvalue weighted by Gasteiger charge is -2.14. The van der Waals surface area contributed by atoms with Crippen molar-refractivity contribution in [2.75, 3.05) is 20.3 Å². The molecular weight excluding hydrogens is 278 g/mol. The minimum Gasteiger partial charge on any atom is -0.493 e. The molecule has 0 aliphatic rings. The van der Waals surface area contributed by atoms with Crippen LogP contribution in [0.1, 0.15) is 12.0 Å². The summed E-state index contributed by atoms with van der Waals surface area (Å²) in [6.07, 6.45) is -0.0606. The largest absolute Gasteiger partial charge is 0.493 e. The first-order valence-corrected chi connectivity index (χ1v) is 6.38. The van der Waals surface area contributed by atoms with Crippen LogP contribution in [0.15, 0.2) is 18.2 Å². The molecule has 0 aliphatic carbocycles. The van der Waals surface area contributed by atoms with Crippen LogP contribution in [-0.2, 0) is 9.59 Å². The molecule has 116 valence electrons. The highest BCUT2D eigenvalue weighted by atomic mass is 16.5. The number of ether oxygens (including phenoxy) is 2. The molecule has 0 spiro atoms. The number of methoxy groups -OCH3 is 1. The third-order valence-electron chi connectivity index (χ3n) is 2.73. The van der Waals surface area contributed by atoms with Crippen LogP contribution in [0, 0.1) is 6.92 Å². The van der Waals surface area contributed by atoms with Crippen LogP contribution in [0.3, 0.4) is 0 Å². The molecule has 3 N–H and O–H groups in total. The van der Waals surface area contributed by atoms with Gasteiger partial charge in [0.05, 0.1) is 7.11 Å². The van der Waals surface area contributed by atoms with Crippen LogP contribution in [0.5, 0.6) is 11.5 Å². The van der Waals surface area contributed by atoms with Gasteiger partial charge in [-0.1, -0.05) is 6.07 Å². The molecule has 21 heavy (non-hydrogen) atoms. The Morgan fingerprint density at radius 2 is 2.05 bits per heavy atom. The number of aliphatic hydroxyl groups is 1. The highest BCUT2D eigenvalue weighted by molar-refractivity contribution is 5.84. The molecule has 0 saturated heterocycles. The second-order valence-electron chi connectivity index (χ2n) is 4.41. The first-order valence-electron chi connectivity index (χ1n) is 6.38. The Morgan fingerprint density at radius 1 is 1.33 bits per heavy atom. The Kier molecular flexibility index (Phi) is 6.48. The van der Waals surface area contributed by atoms with Gasteiger partial charge in [0.15, 0.2) is 18.1 Å². The molecule has 1 amide bonds. The van der Waals surface area contributed by atoms with E-state index in [9.17, 15) is 9.59 Å². The third kappa shape index (κ3) is 5.31. The van der Waals surface area contributed by atoms with Crippen LogP contribution >= 0.6 is 0 Å². The molecular formula is C14H19NO6. The average molecular weight is 297 g/mol. The van der Waals surface area contributed by atoms with Crippen molar-refractivity contribution in [2.24, 2.45) is 0 Å². The quantitative estimate of drug-likeness (QED) is 0.639. The van der Waals surface area contributed by atoms with Gasteiger partial charge in [-0.3, -0.25) is 4.79 Å². The van der Waals surface area contributed by atoms with Crippen molar-refractivity contribution < 1.29 is 29.3 Å². The minimum absolute atomic E-state index is 0.0606. The molecule has 0 fully saturated rings. The molecule has 7 nitrogen and oxygen atoms in total. The number of carboxylic acid groups (broad SMARTS) is 1. The monoisotopic (exact) mass is 297 g/mol. The Balaban J connectivity index is 2.58. The summed E-state index contributed by atoms with van der Waals surface area (Å²) < 4.78 is 10.4. The fourth-order valence-corrected chi connectivity index (χ4v) is 1.66. The maximum Gasteiger partial charge on any atom is 0.326 e. The van der Waals surface area contributed by atoms with Gasteiger partial charge in [-0.05, 0) is 24.6 Å². The number of carbonyl (C=O) groups excluding carboxylic acids is 1. The van der Waals surface area contributed by atoms with E-state index in [0.29, 0.717) is 11.5 Å². The number of aliphatic hydroxyl groups excluding tert-OH is 1. The van der Waals surface area contributed by atoms with Crippen molar-refractivity contribution in [3.8, 4) is 11.5 Å². The van der Waals surface area contributed by atoms with Gasteiger partial charge in [-0.25, -0.2) is 4.79 Å². The normalized spacial score (nSPS) is 11.6. The highest BCUT2D eigenvalue weighted by Crippen LogP contribution is 2.27. The zero-order valence-corrected chi connectivity index (χ0v) is 12.0. The van der Waals surface area contributed by atoms with Gasteiger partial charge in [0, 0.05) is 13.0 Å². The lowest BCUT2D eigenvalue weighted by atomic mass is 10.2. The average Bonchev–Trinajstić information content (AvgIpc) is 2.45. The van der Waals surface area contributed by atoms with Crippen molar-refractivity contribution in [3.05, 3.63) is 23.8 Å². The molecule has 1 rings (SSSR count). The van der Waals surface area contributed by atoms with Crippen molar-refractivity contribution in [1.82, 2.24) is 5.32 Å². The van der Waals surface area contributed by atoms with E-state index in [2.05, 4.69) is 5.32 Å². The zero-order chi connectivity index (χ0) is 15.8. The van der Waals surface area contributed by atoms with Crippen LogP contribution in [0.4, 0.5) is 0 Å². The van der Waals surface area contributed by atoms with Crippen LogP contribution < -0.4 is 14.8 Å². The molecule has 0 bridgehead atoms. The van der Waals surface area contributed by atoms with Gasteiger partial charge in [-0.2, -0.15) is 0 Å². The first-order chi connectivity index (χ1) is 9.97. The van der Waals surface area contributed by atoms with Crippen LogP contribution in [0.2, 0.25) is 0 Å². The molecule has 0 saturated carbocycles. The molecule has 0 unspecified atom stereocenters. The Labute approximate surface area is 122 Å². The molecule has 1 aromatic rings. The Bertz CT molecular complexity index is 502. The first kappa shape index (κ1) is 16.8. The second-order valence-corrected chi connectivity index (χ2v) is 4.41. The fraction of sp³-hybridized carbons (Fsp3) is 0.429. The van der Waals surface area contributed by atoms with Crippen LogP contribution in [-0.4, -0.2) is 48.5 Å². The summed E-state index contributed by atoms with van der Waals surface area (Å²) >= 11 is 0.